The van der Waals surface area contributed by atoms with Gasteiger partial charge in [0.15, 0.2) is 0 Å². The summed E-state index contributed by atoms with van der Waals surface area (Å²) in [5, 5.41) is 0.851. The van der Waals surface area contributed by atoms with E-state index in [0.29, 0.717) is 21.4 Å². The quantitative estimate of drug-likeness (QED) is 0.930. The van der Waals surface area contributed by atoms with Gasteiger partial charge < -0.3 is 10.3 Å². The van der Waals surface area contributed by atoms with Crippen LogP contribution in [0.5, 0.6) is 0 Å². The van der Waals surface area contributed by atoms with Crippen molar-refractivity contribution in [1.82, 2.24) is 9.55 Å². The molecule has 1 heterocycles. The molecule has 0 radical (unpaired) electrons. The second-order valence-electron chi connectivity index (χ2n) is 3.45. The van der Waals surface area contributed by atoms with E-state index in [9.17, 15) is 4.79 Å². The third-order valence-corrected chi connectivity index (χ3v) is 3.05. The standard InChI is InChI=1S/C11H9Cl2N3O/c12-8-3-1-2-7(10(8)13)11-15-4-5-16(11)6-9(14)17/h1-5H,6H2,(H2,14,17). The Hall–Kier alpha value is -1.52. The molecule has 1 aromatic heterocycles. The SMILES string of the molecule is NC(=O)Cn1ccnc1-c1cccc(Cl)c1Cl. The van der Waals surface area contributed by atoms with Crippen molar-refractivity contribution < 1.29 is 4.79 Å². The highest BCUT2D eigenvalue weighted by Gasteiger charge is 2.12. The Morgan fingerprint density at radius 3 is 2.88 bits per heavy atom. The summed E-state index contributed by atoms with van der Waals surface area (Å²) in [5.41, 5.74) is 5.82. The second-order valence-corrected chi connectivity index (χ2v) is 4.23. The highest BCUT2D eigenvalue weighted by atomic mass is 35.5. The molecule has 2 N–H and O–H groups in total. The summed E-state index contributed by atoms with van der Waals surface area (Å²) in [7, 11) is 0. The van der Waals surface area contributed by atoms with E-state index >= 15 is 0 Å². The minimum atomic E-state index is -0.442. The number of hydrogen-bond acceptors (Lipinski definition) is 2. The summed E-state index contributed by atoms with van der Waals surface area (Å²) in [6.07, 6.45) is 3.24. The molecule has 0 fully saturated rings. The van der Waals surface area contributed by atoms with Gasteiger partial charge in [-0.15, -0.1) is 0 Å². The normalized spacial score (nSPS) is 10.5. The summed E-state index contributed by atoms with van der Waals surface area (Å²) in [5.74, 6) is 0.124. The lowest BCUT2D eigenvalue weighted by Crippen LogP contribution is -2.18. The molecule has 88 valence electrons. The number of amides is 1. The van der Waals surface area contributed by atoms with E-state index in [2.05, 4.69) is 4.98 Å². The van der Waals surface area contributed by atoms with Gasteiger partial charge in [0.2, 0.25) is 5.91 Å². The number of rotatable bonds is 3. The van der Waals surface area contributed by atoms with Gasteiger partial charge in [-0.1, -0.05) is 29.3 Å². The first-order valence-corrected chi connectivity index (χ1v) is 5.59. The van der Waals surface area contributed by atoms with Crippen LogP contribution in [0.3, 0.4) is 0 Å². The lowest BCUT2D eigenvalue weighted by Gasteiger charge is -2.08. The summed E-state index contributed by atoms with van der Waals surface area (Å²) >= 11 is 12.0. The molecule has 2 rings (SSSR count). The molecule has 2 aromatic rings. The van der Waals surface area contributed by atoms with Crippen LogP contribution in [0, 0.1) is 0 Å². The van der Waals surface area contributed by atoms with Crippen LogP contribution >= 0.6 is 23.2 Å². The number of benzene rings is 1. The Labute approximate surface area is 108 Å². The van der Waals surface area contributed by atoms with Crippen molar-refractivity contribution in [3.63, 3.8) is 0 Å². The van der Waals surface area contributed by atoms with Crippen molar-refractivity contribution in [1.29, 1.82) is 0 Å². The molecule has 0 saturated heterocycles. The predicted molar refractivity (Wildman–Crippen MR) is 66.9 cm³/mol. The second kappa shape index (κ2) is 4.77. The first kappa shape index (κ1) is 12.0. The molecule has 0 aliphatic rings. The third-order valence-electron chi connectivity index (χ3n) is 2.23. The van der Waals surface area contributed by atoms with Crippen LogP contribution in [0.2, 0.25) is 10.0 Å². The molecule has 1 amide bonds. The Morgan fingerprint density at radius 2 is 2.18 bits per heavy atom. The van der Waals surface area contributed by atoms with Crippen LogP contribution in [-0.4, -0.2) is 15.5 Å². The number of nitrogens with zero attached hydrogens (tertiary/aromatic N) is 2. The molecule has 17 heavy (non-hydrogen) atoms. The van der Waals surface area contributed by atoms with Crippen molar-refractivity contribution in [2.45, 2.75) is 6.54 Å². The van der Waals surface area contributed by atoms with Gasteiger partial charge >= 0.3 is 0 Å². The molecular formula is C11H9Cl2N3O. The smallest absolute Gasteiger partial charge is 0.237 e. The number of primary amides is 1. The van der Waals surface area contributed by atoms with E-state index in [-0.39, 0.29) is 6.54 Å². The predicted octanol–water partition coefficient (Wildman–Crippen LogP) is 2.34. The maximum atomic E-state index is 10.9. The van der Waals surface area contributed by atoms with Crippen molar-refractivity contribution in [2.75, 3.05) is 0 Å². The number of halogens is 2. The van der Waals surface area contributed by atoms with Gasteiger partial charge in [0, 0.05) is 18.0 Å². The van der Waals surface area contributed by atoms with Crippen LogP contribution in [-0.2, 0) is 11.3 Å². The van der Waals surface area contributed by atoms with Crippen molar-refractivity contribution in [3.8, 4) is 11.4 Å². The maximum absolute atomic E-state index is 10.9. The van der Waals surface area contributed by atoms with Crippen molar-refractivity contribution in [2.24, 2.45) is 5.73 Å². The van der Waals surface area contributed by atoms with Gasteiger partial charge in [-0.25, -0.2) is 4.98 Å². The van der Waals surface area contributed by atoms with Gasteiger partial charge in [0.05, 0.1) is 10.0 Å². The molecule has 0 unspecified atom stereocenters. The molecule has 4 nitrogen and oxygen atoms in total. The van der Waals surface area contributed by atoms with Crippen LogP contribution in [0.15, 0.2) is 30.6 Å². The van der Waals surface area contributed by atoms with Crippen molar-refractivity contribution >= 4 is 29.1 Å². The minimum absolute atomic E-state index is 0.0537. The van der Waals surface area contributed by atoms with E-state index in [1.54, 1.807) is 35.2 Å². The fourth-order valence-corrected chi connectivity index (χ4v) is 1.91. The average Bonchev–Trinajstić information content (AvgIpc) is 2.69. The molecule has 0 aliphatic carbocycles. The molecule has 0 spiro atoms. The van der Waals surface area contributed by atoms with E-state index in [1.165, 1.54) is 0 Å². The summed E-state index contributed by atoms with van der Waals surface area (Å²) in [6.45, 7) is 0.0537. The number of nitrogens with two attached hydrogens (primary N) is 1. The lowest BCUT2D eigenvalue weighted by atomic mass is 10.2. The molecule has 0 saturated carbocycles. The number of aromatic nitrogens is 2. The van der Waals surface area contributed by atoms with Crippen molar-refractivity contribution in [3.05, 3.63) is 40.6 Å². The fourth-order valence-electron chi connectivity index (χ4n) is 1.53. The zero-order valence-electron chi connectivity index (χ0n) is 8.73. The largest absolute Gasteiger partial charge is 0.368 e. The molecule has 0 bridgehead atoms. The Morgan fingerprint density at radius 1 is 1.41 bits per heavy atom. The highest BCUT2D eigenvalue weighted by molar-refractivity contribution is 6.43. The number of imidazole rings is 1. The number of hydrogen-bond donors (Lipinski definition) is 1. The molecular weight excluding hydrogens is 261 g/mol. The minimum Gasteiger partial charge on any atom is -0.368 e. The highest BCUT2D eigenvalue weighted by Crippen LogP contribution is 2.32. The monoisotopic (exact) mass is 269 g/mol. The average molecular weight is 270 g/mol. The van der Waals surface area contributed by atoms with E-state index < -0.39 is 5.91 Å². The number of carbonyl (C=O) groups is 1. The maximum Gasteiger partial charge on any atom is 0.237 e. The summed E-state index contributed by atoms with van der Waals surface area (Å²) < 4.78 is 1.62. The number of carbonyl (C=O) groups excluding carboxylic acids is 1. The van der Waals surface area contributed by atoms with Gasteiger partial charge in [-0.05, 0) is 12.1 Å². The molecule has 0 aliphatic heterocycles. The lowest BCUT2D eigenvalue weighted by molar-refractivity contribution is -0.118. The van der Waals surface area contributed by atoms with Crippen LogP contribution < -0.4 is 5.73 Å². The van der Waals surface area contributed by atoms with E-state index in [1.807, 2.05) is 0 Å². The van der Waals surface area contributed by atoms with Crippen LogP contribution in [0.25, 0.3) is 11.4 Å². The first-order chi connectivity index (χ1) is 8.09. The van der Waals surface area contributed by atoms with Crippen LogP contribution in [0.1, 0.15) is 0 Å². The van der Waals surface area contributed by atoms with E-state index in [0.717, 1.165) is 0 Å². The van der Waals surface area contributed by atoms with Gasteiger partial charge in [0.25, 0.3) is 0 Å². The zero-order valence-corrected chi connectivity index (χ0v) is 10.2. The van der Waals surface area contributed by atoms with Gasteiger partial charge in [0.1, 0.15) is 12.4 Å². The molecule has 0 atom stereocenters. The molecule has 1 aromatic carbocycles. The topological polar surface area (TPSA) is 60.9 Å². The Bertz CT molecular complexity index is 566. The fraction of sp³-hybridized carbons (Fsp3) is 0.0909. The van der Waals surface area contributed by atoms with Crippen LogP contribution in [0.4, 0.5) is 0 Å². The van der Waals surface area contributed by atoms with Gasteiger partial charge in [-0.3, -0.25) is 4.79 Å². The Kier molecular flexibility index (Phi) is 3.36. The molecule has 6 heteroatoms. The Balaban J connectivity index is 2.50. The third kappa shape index (κ3) is 2.43. The summed E-state index contributed by atoms with van der Waals surface area (Å²) in [6, 6.07) is 5.25. The van der Waals surface area contributed by atoms with Gasteiger partial charge in [-0.2, -0.15) is 0 Å². The summed E-state index contributed by atoms with van der Waals surface area (Å²) in [4.78, 5) is 15.1. The van der Waals surface area contributed by atoms with E-state index in [4.69, 9.17) is 28.9 Å². The zero-order chi connectivity index (χ0) is 12.4. The first-order valence-electron chi connectivity index (χ1n) is 4.83.